The van der Waals surface area contributed by atoms with E-state index in [4.69, 9.17) is 12.2 Å². The van der Waals surface area contributed by atoms with Crippen molar-refractivity contribution >= 4 is 28.4 Å². The Kier molecular flexibility index (Phi) is 6.40. The highest BCUT2D eigenvalue weighted by molar-refractivity contribution is 7.80. The van der Waals surface area contributed by atoms with Crippen LogP contribution in [0, 0.1) is 11.7 Å². The van der Waals surface area contributed by atoms with E-state index < -0.39 is 0 Å². The number of nitrogens with one attached hydrogen (secondary N) is 2. The molecule has 0 unspecified atom stereocenters. The van der Waals surface area contributed by atoms with Gasteiger partial charge in [-0.25, -0.2) is 9.37 Å². The second-order valence-corrected chi connectivity index (χ2v) is 7.47. The highest BCUT2D eigenvalue weighted by Gasteiger charge is 2.12. The quantitative estimate of drug-likeness (QED) is 0.597. The maximum absolute atomic E-state index is 13.1. The highest BCUT2D eigenvalue weighted by Crippen LogP contribution is 2.11. The minimum absolute atomic E-state index is 0.222. The van der Waals surface area contributed by atoms with Crippen molar-refractivity contribution in [1.29, 1.82) is 0 Å². The highest BCUT2D eigenvalue weighted by atomic mass is 32.1. The van der Waals surface area contributed by atoms with E-state index in [-0.39, 0.29) is 5.82 Å². The summed E-state index contributed by atoms with van der Waals surface area (Å²) in [5.41, 5.74) is 3.07. The molecule has 3 rings (SSSR count). The molecule has 0 aliphatic heterocycles. The molecule has 3 aromatic rings. The fourth-order valence-corrected chi connectivity index (χ4v) is 3.24. The maximum atomic E-state index is 13.1. The first-order valence-electron chi connectivity index (χ1n) is 9.22. The second-order valence-electron chi connectivity index (χ2n) is 7.08. The summed E-state index contributed by atoms with van der Waals surface area (Å²) in [5.74, 6) is 1.20. The third-order valence-corrected chi connectivity index (χ3v) is 4.64. The second kappa shape index (κ2) is 8.95. The number of imidazole rings is 1. The van der Waals surface area contributed by atoms with Gasteiger partial charge in [0.25, 0.3) is 0 Å². The normalized spacial score (nSPS) is 11.1. The molecule has 0 bridgehead atoms. The number of nitrogens with zero attached hydrogens (tertiary/aromatic N) is 2. The predicted octanol–water partition coefficient (Wildman–Crippen LogP) is 4.28. The molecular weight excluding hydrogens is 359 g/mol. The van der Waals surface area contributed by atoms with Gasteiger partial charge < -0.3 is 15.2 Å². The van der Waals surface area contributed by atoms with E-state index in [0.717, 1.165) is 35.4 Å². The molecule has 0 fully saturated rings. The molecule has 6 heteroatoms. The van der Waals surface area contributed by atoms with Crippen molar-refractivity contribution in [3.63, 3.8) is 0 Å². The monoisotopic (exact) mass is 384 g/mol. The summed E-state index contributed by atoms with van der Waals surface area (Å²) >= 11 is 5.61. The van der Waals surface area contributed by atoms with Crippen molar-refractivity contribution in [3.05, 3.63) is 65.7 Å². The van der Waals surface area contributed by atoms with Gasteiger partial charge in [-0.3, -0.25) is 0 Å². The van der Waals surface area contributed by atoms with Gasteiger partial charge in [0.2, 0.25) is 0 Å². The SMILES string of the molecule is CC(C)CN(Cc1ccc(F)cc1)C(=S)NCCc1nc2ccccc2[nH]1. The molecule has 4 nitrogen and oxygen atoms in total. The van der Waals surface area contributed by atoms with Gasteiger partial charge >= 0.3 is 0 Å². The van der Waals surface area contributed by atoms with Crippen LogP contribution in [-0.4, -0.2) is 33.1 Å². The van der Waals surface area contributed by atoms with Gasteiger partial charge in [-0.2, -0.15) is 0 Å². The number of rotatable bonds is 7. The lowest BCUT2D eigenvalue weighted by atomic mass is 10.1. The van der Waals surface area contributed by atoms with Gasteiger partial charge in [0.1, 0.15) is 11.6 Å². The Morgan fingerprint density at radius 1 is 1.19 bits per heavy atom. The molecule has 1 heterocycles. The minimum atomic E-state index is -0.222. The van der Waals surface area contributed by atoms with E-state index in [1.165, 1.54) is 12.1 Å². The number of thiocarbonyl (C=S) groups is 1. The Labute approximate surface area is 164 Å². The Hall–Kier alpha value is -2.47. The fourth-order valence-electron chi connectivity index (χ4n) is 2.99. The number of hydrogen-bond acceptors (Lipinski definition) is 2. The Balaban J connectivity index is 1.57. The number of aromatic amines is 1. The zero-order valence-electron chi connectivity index (χ0n) is 15.7. The van der Waals surface area contributed by atoms with Crippen LogP contribution in [0.3, 0.4) is 0 Å². The third-order valence-electron chi connectivity index (χ3n) is 4.24. The number of fused-ring (bicyclic) bond motifs is 1. The third kappa shape index (κ3) is 5.50. The van der Waals surface area contributed by atoms with E-state index in [1.807, 2.05) is 24.3 Å². The Morgan fingerprint density at radius 2 is 1.93 bits per heavy atom. The van der Waals surface area contributed by atoms with E-state index >= 15 is 0 Å². The first-order valence-corrected chi connectivity index (χ1v) is 9.63. The summed E-state index contributed by atoms with van der Waals surface area (Å²) in [7, 11) is 0. The molecule has 0 atom stereocenters. The van der Waals surface area contributed by atoms with Gasteiger partial charge in [0, 0.05) is 26.1 Å². The molecule has 2 N–H and O–H groups in total. The van der Waals surface area contributed by atoms with Crippen LogP contribution in [0.5, 0.6) is 0 Å². The molecule has 1 aromatic heterocycles. The molecule has 0 spiro atoms. The van der Waals surface area contributed by atoms with Crippen LogP contribution in [0.25, 0.3) is 11.0 Å². The van der Waals surface area contributed by atoms with Crippen LogP contribution in [0.15, 0.2) is 48.5 Å². The summed E-state index contributed by atoms with van der Waals surface area (Å²) in [5, 5.41) is 4.05. The number of para-hydroxylation sites is 2. The molecule has 0 aliphatic rings. The molecule has 2 aromatic carbocycles. The van der Waals surface area contributed by atoms with Gasteiger partial charge in [-0.1, -0.05) is 38.1 Å². The van der Waals surface area contributed by atoms with Crippen molar-refractivity contribution in [3.8, 4) is 0 Å². The topological polar surface area (TPSA) is 44.0 Å². The van der Waals surface area contributed by atoms with Gasteiger partial charge in [0.05, 0.1) is 11.0 Å². The zero-order chi connectivity index (χ0) is 19.2. The molecule has 0 saturated carbocycles. The van der Waals surface area contributed by atoms with Gasteiger partial charge in [0.15, 0.2) is 5.11 Å². The molecule has 0 radical (unpaired) electrons. The van der Waals surface area contributed by atoms with Crippen LogP contribution >= 0.6 is 12.2 Å². The molecule has 142 valence electrons. The Morgan fingerprint density at radius 3 is 2.63 bits per heavy atom. The minimum Gasteiger partial charge on any atom is -0.362 e. The zero-order valence-corrected chi connectivity index (χ0v) is 16.5. The summed E-state index contributed by atoms with van der Waals surface area (Å²) in [6.45, 7) is 6.53. The van der Waals surface area contributed by atoms with Crippen LogP contribution in [0.1, 0.15) is 25.2 Å². The predicted molar refractivity (Wildman–Crippen MR) is 112 cm³/mol. The van der Waals surface area contributed by atoms with Gasteiger partial charge in [-0.15, -0.1) is 0 Å². The first kappa shape index (κ1) is 19.3. The first-order chi connectivity index (χ1) is 13.0. The molecular formula is C21H25FN4S. The van der Waals surface area contributed by atoms with Crippen LogP contribution in [0.2, 0.25) is 0 Å². The van der Waals surface area contributed by atoms with E-state index in [9.17, 15) is 4.39 Å². The molecule has 0 saturated heterocycles. The van der Waals surface area contributed by atoms with Crippen LogP contribution in [-0.2, 0) is 13.0 Å². The summed E-state index contributed by atoms with van der Waals surface area (Å²) in [6.07, 6.45) is 0.765. The lowest BCUT2D eigenvalue weighted by molar-refractivity contribution is 0.354. The number of aromatic nitrogens is 2. The average Bonchev–Trinajstić information content (AvgIpc) is 3.05. The van der Waals surface area contributed by atoms with Crippen LogP contribution in [0.4, 0.5) is 4.39 Å². The largest absolute Gasteiger partial charge is 0.362 e. The van der Waals surface area contributed by atoms with E-state index in [1.54, 1.807) is 12.1 Å². The van der Waals surface area contributed by atoms with Crippen molar-refractivity contribution < 1.29 is 4.39 Å². The lowest BCUT2D eigenvalue weighted by Crippen LogP contribution is -2.42. The average molecular weight is 385 g/mol. The lowest BCUT2D eigenvalue weighted by Gasteiger charge is -2.27. The molecule has 0 amide bonds. The maximum Gasteiger partial charge on any atom is 0.169 e. The summed E-state index contributed by atoms with van der Waals surface area (Å²) < 4.78 is 13.1. The standard InChI is InChI=1S/C21H25FN4S/c1-15(2)13-26(14-16-7-9-17(22)10-8-16)21(27)23-12-11-20-24-18-5-3-4-6-19(18)25-20/h3-10,15H,11-14H2,1-2H3,(H,23,27)(H,24,25). The van der Waals surface area contributed by atoms with Crippen LogP contribution < -0.4 is 5.32 Å². The van der Waals surface area contributed by atoms with Crippen molar-refractivity contribution in [2.75, 3.05) is 13.1 Å². The number of benzene rings is 2. The molecule has 0 aliphatic carbocycles. The van der Waals surface area contributed by atoms with E-state index in [2.05, 4.69) is 34.0 Å². The Bertz CT molecular complexity index is 856. The summed E-state index contributed by atoms with van der Waals surface area (Å²) in [6, 6.07) is 14.6. The number of halogens is 1. The van der Waals surface area contributed by atoms with Crippen molar-refractivity contribution in [1.82, 2.24) is 20.2 Å². The number of hydrogen-bond donors (Lipinski definition) is 2. The van der Waals surface area contributed by atoms with Gasteiger partial charge in [-0.05, 0) is 48.0 Å². The van der Waals surface area contributed by atoms with E-state index in [0.29, 0.717) is 24.1 Å². The molecule has 27 heavy (non-hydrogen) atoms. The fraction of sp³-hybridized carbons (Fsp3) is 0.333. The summed E-state index contributed by atoms with van der Waals surface area (Å²) in [4.78, 5) is 10.1. The number of H-pyrrole nitrogens is 1. The van der Waals surface area contributed by atoms with Crippen molar-refractivity contribution in [2.24, 2.45) is 5.92 Å². The van der Waals surface area contributed by atoms with Crippen molar-refractivity contribution in [2.45, 2.75) is 26.8 Å². The smallest absolute Gasteiger partial charge is 0.169 e.